The molecule has 0 spiro atoms. The number of esters is 1. The molecule has 118 valence electrons. The second-order valence-corrected chi connectivity index (χ2v) is 5.94. The number of nitrogens with zero attached hydrogens (tertiary/aromatic N) is 2. The van der Waals surface area contributed by atoms with Crippen LogP contribution >= 0.6 is 0 Å². The van der Waals surface area contributed by atoms with Gasteiger partial charge in [-0.3, -0.25) is 14.5 Å². The van der Waals surface area contributed by atoms with Gasteiger partial charge in [0.25, 0.3) is 0 Å². The average Bonchev–Trinajstić information content (AvgIpc) is 2.93. The molecule has 2 saturated heterocycles. The molecule has 1 amide bonds. The Balaban J connectivity index is 1.52. The standard InChI is InChI=1S/C16H21N3O3/c1-11-3-2-4-14(17-11)18-15(20)12-5-8-19(9-6-12)13-7-10-22-16(13)21/h2-4,12-13H,5-10H2,1H3,(H,17,18,20). The van der Waals surface area contributed by atoms with Gasteiger partial charge in [0.1, 0.15) is 11.9 Å². The molecular formula is C16H21N3O3. The topological polar surface area (TPSA) is 71.5 Å². The third-order valence-corrected chi connectivity index (χ3v) is 4.39. The first kappa shape index (κ1) is 15.0. The van der Waals surface area contributed by atoms with Crippen molar-refractivity contribution in [2.45, 2.75) is 32.2 Å². The number of hydrogen-bond acceptors (Lipinski definition) is 5. The third kappa shape index (κ3) is 3.27. The molecule has 1 aromatic rings. The molecule has 1 N–H and O–H groups in total. The van der Waals surface area contributed by atoms with Gasteiger partial charge in [0, 0.05) is 18.0 Å². The molecule has 0 aromatic carbocycles. The molecule has 2 aliphatic rings. The molecule has 6 nitrogen and oxygen atoms in total. The van der Waals surface area contributed by atoms with E-state index in [9.17, 15) is 9.59 Å². The predicted molar refractivity (Wildman–Crippen MR) is 81.3 cm³/mol. The monoisotopic (exact) mass is 303 g/mol. The van der Waals surface area contributed by atoms with E-state index in [1.54, 1.807) is 6.07 Å². The Labute approximate surface area is 129 Å². The number of pyridine rings is 1. The first-order chi connectivity index (χ1) is 10.6. The van der Waals surface area contributed by atoms with E-state index in [0.29, 0.717) is 12.4 Å². The van der Waals surface area contributed by atoms with Crippen LogP contribution in [0.5, 0.6) is 0 Å². The van der Waals surface area contributed by atoms with Crippen molar-refractivity contribution in [3.63, 3.8) is 0 Å². The highest BCUT2D eigenvalue weighted by atomic mass is 16.5. The summed E-state index contributed by atoms with van der Waals surface area (Å²) in [5, 5.41) is 2.89. The van der Waals surface area contributed by atoms with Gasteiger partial charge in [-0.25, -0.2) is 4.98 Å². The molecule has 0 aliphatic carbocycles. The van der Waals surface area contributed by atoms with Gasteiger partial charge in [0.2, 0.25) is 5.91 Å². The van der Waals surface area contributed by atoms with E-state index < -0.39 is 0 Å². The van der Waals surface area contributed by atoms with Gasteiger partial charge in [-0.1, -0.05) is 6.07 Å². The number of cyclic esters (lactones) is 1. The van der Waals surface area contributed by atoms with Crippen LogP contribution in [0.1, 0.15) is 25.0 Å². The highest BCUT2D eigenvalue weighted by Gasteiger charge is 2.35. The van der Waals surface area contributed by atoms with Crippen molar-refractivity contribution >= 4 is 17.7 Å². The van der Waals surface area contributed by atoms with Gasteiger partial charge in [-0.15, -0.1) is 0 Å². The molecule has 6 heteroatoms. The van der Waals surface area contributed by atoms with Gasteiger partial charge < -0.3 is 10.1 Å². The maximum absolute atomic E-state index is 12.3. The van der Waals surface area contributed by atoms with E-state index in [2.05, 4.69) is 15.2 Å². The summed E-state index contributed by atoms with van der Waals surface area (Å²) in [7, 11) is 0. The minimum absolute atomic E-state index is 0.0176. The number of anilines is 1. The molecule has 0 saturated carbocycles. The Bertz CT molecular complexity index is 568. The van der Waals surface area contributed by atoms with Crippen molar-refractivity contribution in [2.24, 2.45) is 5.92 Å². The number of likely N-dealkylation sites (tertiary alicyclic amines) is 1. The third-order valence-electron chi connectivity index (χ3n) is 4.39. The largest absolute Gasteiger partial charge is 0.464 e. The molecule has 1 unspecified atom stereocenters. The second-order valence-electron chi connectivity index (χ2n) is 5.94. The number of aryl methyl sites for hydroxylation is 1. The Kier molecular flexibility index (Phi) is 4.38. The SMILES string of the molecule is Cc1cccc(NC(=O)C2CCN(C3CCOC3=O)CC2)n1. The molecule has 2 aliphatic heterocycles. The summed E-state index contributed by atoms with van der Waals surface area (Å²) in [6.45, 7) is 3.94. The number of carbonyl (C=O) groups excluding carboxylic acids is 2. The van der Waals surface area contributed by atoms with E-state index in [4.69, 9.17) is 4.74 Å². The number of nitrogens with one attached hydrogen (secondary N) is 1. The molecule has 3 rings (SSSR count). The van der Waals surface area contributed by atoms with E-state index in [1.165, 1.54) is 0 Å². The van der Waals surface area contributed by atoms with Crippen LogP contribution in [0.3, 0.4) is 0 Å². The summed E-state index contributed by atoms with van der Waals surface area (Å²) < 4.78 is 5.02. The fourth-order valence-electron chi connectivity index (χ4n) is 3.13. The van der Waals surface area contributed by atoms with Crippen molar-refractivity contribution in [1.29, 1.82) is 0 Å². The first-order valence-corrected chi connectivity index (χ1v) is 7.79. The Morgan fingerprint density at radius 2 is 2.09 bits per heavy atom. The van der Waals surface area contributed by atoms with E-state index in [0.717, 1.165) is 38.0 Å². The fraction of sp³-hybridized carbons (Fsp3) is 0.562. The summed E-state index contributed by atoms with van der Waals surface area (Å²) in [5.74, 6) is 0.487. The number of ether oxygens (including phenoxy) is 1. The highest BCUT2D eigenvalue weighted by molar-refractivity contribution is 5.91. The van der Waals surface area contributed by atoms with Crippen LogP contribution in [-0.2, 0) is 14.3 Å². The molecular weight excluding hydrogens is 282 g/mol. The minimum Gasteiger partial charge on any atom is -0.464 e. The molecule has 1 aromatic heterocycles. The lowest BCUT2D eigenvalue weighted by molar-refractivity contribution is -0.142. The maximum Gasteiger partial charge on any atom is 0.323 e. The minimum atomic E-state index is -0.119. The lowest BCUT2D eigenvalue weighted by atomic mass is 9.94. The normalized spacial score (nSPS) is 23.3. The molecule has 22 heavy (non-hydrogen) atoms. The summed E-state index contributed by atoms with van der Waals surface area (Å²) in [4.78, 5) is 30.4. The average molecular weight is 303 g/mol. The number of piperidine rings is 1. The predicted octanol–water partition coefficient (Wildman–Crippen LogP) is 1.36. The van der Waals surface area contributed by atoms with E-state index >= 15 is 0 Å². The van der Waals surface area contributed by atoms with Crippen molar-refractivity contribution in [1.82, 2.24) is 9.88 Å². The van der Waals surface area contributed by atoms with Gasteiger partial charge in [-0.05, 0) is 45.0 Å². The van der Waals surface area contributed by atoms with Crippen LogP contribution in [0.2, 0.25) is 0 Å². The smallest absolute Gasteiger partial charge is 0.323 e. The van der Waals surface area contributed by atoms with Crippen molar-refractivity contribution < 1.29 is 14.3 Å². The highest BCUT2D eigenvalue weighted by Crippen LogP contribution is 2.24. The molecule has 2 fully saturated rings. The number of carbonyl (C=O) groups is 2. The Morgan fingerprint density at radius 1 is 1.32 bits per heavy atom. The number of aromatic nitrogens is 1. The van der Waals surface area contributed by atoms with Crippen LogP contribution in [0.4, 0.5) is 5.82 Å². The van der Waals surface area contributed by atoms with Crippen LogP contribution in [-0.4, -0.2) is 47.5 Å². The van der Waals surface area contributed by atoms with Gasteiger partial charge in [0.05, 0.1) is 6.61 Å². The van der Waals surface area contributed by atoms with Crippen LogP contribution in [0, 0.1) is 12.8 Å². The van der Waals surface area contributed by atoms with Crippen molar-refractivity contribution in [3.05, 3.63) is 23.9 Å². The number of amides is 1. The Morgan fingerprint density at radius 3 is 2.73 bits per heavy atom. The van der Waals surface area contributed by atoms with Crippen molar-refractivity contribution in [3.8, 4) is 0 Å². The van der Waals surface area contributed by atoms with Gasteiger partial charge in [0.15, 0.2) is 0 Å². The van der Waals surface area contributed by atoms with Crippen molar-refractivity contribution in [2.75, 3.05) is 25.0 Å². The maximum atomic E-state index is 12.3. The summed E-state index contributed by atoms with van der Waals surface area (Å²) in [6, 6.07) is 5.47. The van der Waals surface area contributed by atoms with Gasteiger partial charge in [-0.2, -0.15) is 0 Å². The van der Waals surface area contributed by atoms with E-state index in [1.807, 2.05) is 19.1 Å². The van der Waals surface area contributed by atoms with Crippen LogP contribution < -0.4 is 5.32 Å². The summed E-state index contributed by atoms with van der Waals surface area (Å²) >= 11 is 0. The zero-order valence-corrected chi connectivity index (χ0v) is 12.7. The van der Waals surface area contributed by atoms with E-state index in [-0.39, 0.29) is 23.8 Å². The van der Waals surface area contributed by atoms with Crippen LogP contribution in [0.25, 0.3) is 0 Å². The van der Waals surface area contributed by atoms with Crippen LogP contribution in [0.15, 0.2) is 18.2 Å². The Hall–Kier alpha value is -1.95. The lowest BCUT2D eigenvalue weighted by Gasteiger charge is -2.33. The summed E-state index contributed by atoms with van der Waals surface area (Å²) in [6.07, 6.45) is 2.30. The fourth-order valence-corrected chi connectivity index (χ4v) is 3.13. The second kappa shape index (κ2) is 6.44. The molecule has 0 radical (unpaired) electrons. The summed E-state index contributed by atoms with van der Waals surface area (Å²) in [5.41, 5.74) is 0.882. The number of hydrogen-bond donors (Lipinski definition) is 1. The molecule has 3 heterocycles. The lowest BCUT2D eigenvalue weighted by Crippen LogP contribution is -2.45. The zero-order valence-electron chi connectivity index (χ0n) is 12.7. The first-order valence-electron chi connectivity index (χ1n) is 7.79. The number of rotatable bonds is 3. The van der Waals surface area contributed by atoms with Gasteiger partial charge >= 0.3 is 5.97 Å². The molecule has 0 bridgehead atoms. The molecule has 1 atom stereocenters. The zero-order chi connectivity index (χ0) is 15.5. The quantitative estimate of drug-likeness (QED) is 0.854.